The van der Waals surface area contributed by atoms with Gasteiger partial charge in [0.25, 0.3) is 0 Å². The number of cyclic esters (lactones) is 1. The Balaban J connectivity index is 2.35. The van der Waals surface area contributed by atoms with Crippen molar-refractivity contribution in [1.82, 2.24) is 10.2 Å². The second-order valence-electron chi connectivity index (χ2n) is 2.64. The molecule has 1 aliphatic heterocycles. The summed E-state index contributed by atoms with van der Waals surface area (Å²) in [6.07, 6.45) is -0.515. The number of rotatable bonds is 2. The highest BCUT2D eigenvalue weighted by atomic mass is 16.6. The second-order valence-corrected chi connectivity index (χ2v) is 2.64. The number of hydrogen-bond donors (Lipinski definition) is 1. The maximum absolute atomic E-state index is 11.0. The first-order chi connectivity index (χ1) is 6.09. The van der Waals surface area contributed by atoms with Crippen LogP contribution in [0.25, 0.3) is 0 Å². The van der Waals surface area contributed by atoms with Crippen LogP contribution >= 0.6 is 0 Å². The van der Waals surface area contributed by atoms with Crippen molar-refractivity contribution in [1.29, 1.82) is 0 Å². The summed E-state index contributed by atoms with van der Waals surface area (Å²) in [4.78, 5) is 33.5. The molecule has 1 aliphatic rings. The minimum absolute atomic E-state index is 0.127. The lowest BCUT2D eigenvalue weighted by Gasteiger charge is -2.10. The second kappa shape index (κ2) is 3.88. The Morgan fingerprint density at radius 2 is 2.31 bits per heavy atom. The molecule has 0 saturated carbocycles. The molecular weight excluding hydrogens is 176 g/mol. The van der Waals surface area contributed by atoms with E-state index in [-0.39, 0.29) is 6.54 Å². The summed E-state index contributed by atoms with van der Waals surface area (Å²) in [6.45, 7) is 1.80. The minimum Gasteiger partial charge on any atom is -0.448 e. The van der Waals surface area contributed by atoms with Crippen LogP contribution < -0.4 is 5.32 Å². The van der Waals surface area contributed by atoms with Crippen LogP contribution in [0.5, 0.6) is 0 Å². The number of amides is 3. The third kappa shape index (κ3) is 2.73. The van der Waals surface area contributed by atoms with Gasteiger partial charge in [-0.25, -0.2) is 4.79 Å². The molecule has 1 rings (SSSR count). The van der Waals surface area contributed by atoms with Crippen LogP contribution in [0.3, 0.4) is 0 Å². The number of hydrogen-bond acceptors (Lipinski definition) is 4. The number of ether oxygens (including phenoxy) is 1. The van der Waals surface area contributed by atoms with Crippen molar-refractivity contribution >= 4 is 17.9 Å². The number of carbonyl (C=O) groups is 3. The lowest BCUT2D eigenvalue weighted by atomic mass is 10.5. The Bertz CT molecular complexity index is 251. The first-order valence-corrected chi connectivity index (χ1v) is 3.81. The van der Waals surface area contributed by atoms with E-state index in [2.05, 4.69) is 10.1 Å². The maximum Gasteiger partial charge on any atom is 0.410 e. The van der Waals surface area contributed by atoms with E-state index in [9.17, 15) is 14.4 Å². The molecule has 0 aromatic carbocycles. The van der Waals surface area contributed by atoms with Crippen molar-refractivity contribution in [3.63, 3.8) is 0 Å². The number of nitrogens with one attached hydrogen (secondary N) is 1. The predicted molar refractivity (Wildman–Crippen MR) is 41.7 cm³/mol. The van der Waals surface area contributed by atoms with Gasteiger partial charge in [0.15, 0.2) is 0 Å². The minimum atomic E-state index is -0.515. The average molecular weight is 186 g/mol. The third-order valence-electron chi connectivity index (χ3n) is 1.49. The van der Waals surface area contributed by atoms with E-state index in [4.69, 9.17) is 0 Å². The molecule has 0 aromatic heterocycles. The Hall–Kier alpha value is -1.59. The van der Waals surface area contributed by atoms with Crippen LogP contribution in [0.15, 0.2) is 0 Å². The summed E-state index contributed by atoms with van der Waals surface area (Å²) in [7, 11) is 0. The van der Waals surface area contributed by atoms with Gasteiger partial charge < -0.3 is 4.74 Å². The molecule has 1 saturated heterocycles. The fourth-order valence-electron chi connectivity index (χ4n) is 0.979. The molecule has 0 bridgehead atoms. The Morgan fingerprint density at radius 3 is 2.77 bits per heavy atom. The normalized spacial score (nSPS) is 15.5. The Kier molecular flexibility index (Phi) is 2.84. The summed E-state index contributed by atoms with van der Waals surface area (Å²) in [5, 5.41) is 2.06. The molecule has 1 fully saturated rings. The number of imide groups is 1. The molecule has 0 spiro atoms. The van der Waals surface area contributed by atoms with E-state index >= 15 is 0 Å². The van der Waals surface area contributed by atoms with Crippen LogP contribution in [0.1, 0.15) is 6.92 Å². The van der Waals surface area contributed by atoms with Gasteiger partial charge in [0.2, 0.25) is 11.8 Å². The molecule has 6 nitrogen and oxygen atoms in total. The lowest BCUT2D eigenvalue weighted by molar-refractivity contribution is -0.129. The molecule has 0 aromatic rings. The first kappa shape index (κ1) is 9.50. The largest absolute Gasteiger partial charge is 0.448 e. The zero-order valence-electron chi connectivity index (χ0n) is 7.20. The van der Waals surface area contributed by atoms with Gasteiger partial charge in [0, 0.05) is 6.92 Å². The molecule has 3 amide bonds. The fourth-order valence-corrected chi connectivity index (χ4v) is 0.979. The van der Waals surface area contributed by atoms with Crippen LogP contribution in [0, 0.1) is 0 Å². The molecule has 13 heavy (non-hydrogen) atoms. The third-order valence-corrected chi connectivity index (χ3v) is 1.49. The summed E-state index contributed by atoms with van der Waals surface area (Å²) < 4.78 is 4.59. The van der Waals surface area contributed by atoms with E-state index in [1.165, 1.54) is 11.8 Å². The smallest absolute Gasteiger partial charge is 0.410 e. The quantitative estimate of drug-likeness (QED) is 0.606. The zero-order chi connectivity index (χ0) is 9.84. The Labute approximate surface area is 74.8 Å². The fraction of sp³-hybridized carbons (Fsp3) is 0.571. The van der Waals surface area contributed by atoms with Gasteiger partial charge in [-0.3, -0.25) is 19.8 Å². The van der Waals surface area contributed by atoms with Crippen LogP contribution in [0.2, 0.25) is 0 Å². The monoisotopic (exact) mass is 186 g/mol. The summed E-state index contributed by atoms with van der Waals surface area (Å²) >= 11 is 0. The van der Waals surface area contributed by atoms with Crippen molar-refractivity contribution in [2.75, 3.05) is 19.7 Å². The predicted octanol–water partition coefficient (Wildman–Crippen LogP) is -0.899. The van der Waals surface area contributed by atoms with Crippen LogP contribution in [-0.4, -0.2) is 42.5 Å². The van der Waals surface area contributed by atoms with Crippen molar-refractivity contribution in [3.05, 3.63) is 0 Å². The van der Waals surface area contributed by atoms with Gasteiger partial charge in [-0.1, -0.05) is 0 Å². The standard InChI is InChI=1S/C7H10N2O4/c1-5(10)8-6(11)4-9-2-3-13-7(9)12/h2-4H2,1H3,(H,8,10,11). The molecule has 0 aliphatic carbocycles. The van der Waals surface area contributed by atoms with Crippen LogP contribution in [-0.2, 0) is 14.3 Å². The zero-order valence-corrected chi connectivity index (χ0v) is 7.20. The van der Waals surface area contributed by atoms with Crippen molar-refractivity contribution < 1.29 is 19.1 Å². The van der Waals surface area contributed by atoms with Gasteiger partial charge in [0.05, 0.1) is 6.54 Å². The summed E-state index contributed by atoms with van der Waals surface area (Å²) in [6, 6.07) is 0. The topological polar surface area (TPSA) is 75.7 Å². The van der Waals surface area contributed by atoms with E-state index in [1.54, 1.807) is 0 Å². The maximum atomic E-state index is 11.0. The molecule has 1 heterocycles. The average Bonchev–Trinajstić information content (AvgIpc) is 2.34. The number of carbonyl (C=O) groups excluding carboxylic acids is 3. The Morgan fingerprint density at radius 1 is 1.62 bits per heavy atom. The van der Waals surface area contributed by atoms with E-state index in [1.807, 2.05) is 0 Å². The lowest BCUT2D eigenvalue weighted by Crippen LogP contribution is -2.39. The number of nitrogens with zero attached hydrogens (tertiary/aromatic N) is 1. The highest BCUT2D eigenvalue weighted by molar-refractivity contribution is 5.96. The molecule has 0 atom stereocenters. The van der Waals surface area contributed by atoms with E-state index in [0.29, 0.717) is 13.2 Å². The first-order valence-electron chi connectivity index (χ1n) is 3.81. The van der Waals surface area contributed by atoms with Gasteiger partial charge >= 0.3 is 6.09 Å². The molecular formula is C7H10N2O4. The SMILES string of the molecule is CC(=O)NC(=O)CN1CCOC1=O. The molecule has 6 heteroatoms. The van der Waals surface area contributed by atoms with Gasteiger partial charge in [-0.05, 0) is 0 Å². The van der Waals surface area contributed by atoms with Crippen molar-refractivity contribution in [3.8, 4) is 0 Å². The molecule has 0 radical (unpaired) electrons. The highest BCUT2D eigenvalue weighted by Gasteiger charge is 2.24. The van der Waals surface area contributed by atoms with E-state index in [0.717, 1.165) is 0 Å². The summed E-state index contributed by atoms with van der Waals surface area (Å²) in [5.41, 5.74) is 0. The molecule has 0 unspecified atom stereocenters. The summed E-state index contributed by atoms with van der Waals surface area (Å²) in [5.74, 6) is -0.927. The van der Waals surface area contributed by atoms with Gasteiger partial charge in [-0.15, -0.1) is 0 Å². The van der Waals surface area contributed by atoms with Gasteiger partial charge in [0.1, 0.15) is 13.2 Å². The van der Waals surface area contributed by atoms with Crippen molar-refractivity contribution in [2.24, 2.45) is 0 Å². The molecule has 1 N–H and O–H groups in total. The van der Waals surface area contributed by atoms with E-state index < -0.39 is 17.9 Å². The van der Waals surface area contributed by atoms with Crippen molar-refractivity contribution in [2.45, 2.75) is 6.92 Å². The highest BCUT2D eigenvalue weighted by Crippen LogP contribution is 2.01. The molecule has 72 valence electrons. The van der Waals surface area contributed by atoms with Crippen LogP contribution in [0.4, 0.5) is 4.79 Å². The van der Waals surface area contributed by atoms with Gasteiger partial charge in [-0.2, -0.15) is 0 Å².